The zero-order valence-corrected chi connectivity index (χ0v) is 10.5. The second-order valence-electron chi connectivity index (χ2n) is 3.46. The Kier molecular flexibility index (Phi) is 3.56. The maximum absolute atomic E-state index is 9.00. The van der Waals surface area contributed by atoms with E-state index >= 15 is 0 Å². The molecule has 0 aliphatic carbocycles. The van der Waals surface area contributed by atoms with Gasteiger partial charge in [0.05, 0.1) is 12.9 Å². The van der Waals surface area contributed by atoms with Crippen molar-refractivity contribution in [3.8, 4) is 12.1 Å². The Morgan fingerprint density at radius 1 is 1.39 bits per heavy atom. The van der Waals surface area contributed by atoms with Crippen molar-refractivity contribution in [3.63, 3.8) is 0 Å². The van der Waals surface area contributed by atoms with Gasteiger partial charge in [0.25, 0.3) is 0 Å². The van der Waals surface area contributed by atoms with Crippen LogP contribution in [-0.2, 0) is 6.54 Å². The van der Waals surface area contributed by atoms with E-state index in [1.165, 1.54) is 17.7 Å². The van der Waals surface area contributed by atoms with Crippen molar-refractivity contribution in [2.75, 3.05) is 11.9 Å². The normalized spacial score (nSPS) is 9.72. The third-order valence-corrected chi connectivity index (χ3v) is 3.20. The van der Waals surface area contributed by atoms with Crippen LogP contribution in [0.1, 0.15) is 23.2 Å². The first-order valence-corrected chi connectivity index (χ1v) is 6.14. The van der Waals surface area contributed by atoms with Gasteiger partial charge in [-0.1, -0.05) is 0 Å². The molecule has 0 fully saturated rings. The van der Waals surface area contributed by atoms with Crippen molar-refractivity contribution in [2.45, 2.75) is 13.5 Å². The molecule has 2 aromatic rings. The summed E-state index contributed by atoms with van der Waals surface area (Å²) in [7, 11) is 0. The predicted molar refractivity (Wildman–Crippen MR) is 67.0 cm³/mol. The van der Waals surface area contributed by atoms with Gasteiger partial charge in [-0.3, -0.25) is 0 Å². The quantitative estimate of drug-likeness (QED) is 0.898. The molecule has 0 bridgehead atoms. The molecule has 0 aliphatic heterocycles. The Morgan fingerprint density at radius 2 is 2.22 bits per heavy atom. The molecule has 7 heteroatoms. The van der Waals surface area contributed by atoms with Crippen molar-refractivity contribution < 1.29 is 0 Å². The lowest BCUT2D eigenvalue weighted by atomic mass is 10.3. The lowest BCUT2D eigenvalue weighted by Crippen LogP contribution is -1.99. The molecule has 90 valence electrons. The van der Waals surface area contributed by atoms with Crippen LogP contribution in [0.4, 0.5) is 5.13 Å². The summed E-state index contributed by atoms with van der Waals surface area (Å²) in [5, 5.41) is 21.8. The average Bonchev–Trinajstić information content (AvgIpc) is 2.97. The highest BCUT2D eigenvalue weighted by Gasteiger charge is 2.11. The van der Waals surface area contributed by atoms with Crippen molar-refractivity contribution >= 4 is 16.5 Å². The smallest absolute Gasteiger partial charge is 0.182 e. The first kappa shape index (κ1) is 12.1. The average molecular weight is 258 g/mol. The second-order valence-corrected chi connectivity index (χ2v) is 4.57. The van der Waals surface area contributed by atoms with E-state index in [4.69, 9.17) is 10.5 Å². The summed E-state index contributed by atoms with van der Waals surface area (Å²) in [6, 6.07) is 3.89. The first-order valence-electron chi connectivity index (χ1n) is 5.32. The number of rotatable bonds is 4. The highest BCUT2D eigenvalue weighted by molar-refractivity contribution is 7.15. The second kappa shape index (κ2) is 5.30. The Morgan fingerprint density at radius 3 is 2.89 bits per heavy atom. The molecular weight excluding hydrogens is 248 g/mol. The molecule has 0 aliphatic rings. The van der Waals surface area contributed by atoms with Crippen LogP contribution in [0.2, 0.25) is 0 Å². The Hall–Kier alpha value is -2.38. The molecule has 0 saturated heterocycles. The number of thiazole rings is 1. The van der Waals surface area contributed by atoms with Crippen LogP contribution >= 0.6 is 11.3 Å². The van der Waals surface area contributed by atoms with E-state index in [0.29, 0.717) is 6.54 Å². The molecule has 0 radical (unpaired) electrons. The fraction of sp³-hybridized carbons (Fsp3) is 0.273. The van der Waals surface area contributed by atoms with Crippen molar-refractivity contribution in [3.05, 3.63) is 28.8 Å². The number of hydrogen-bond donors (Lipinski definition) is 1. The lowest BCUT2D eigenvalue weighted by molar-refractivity contribution is 0.795. The molecule has 6 nitrogen and oxygen atoms in total. The van der Waals surface area contributed by atoms with Crippen molar-refractivity contribution in [2.24, 2.45) is 0 Å². The van der Waals surface area contributed by atoms with Crippen LogP contribution in [-0.4, -0.2) is 21.1 Å². The van der Waals surface area contributed by atoms with Gasteiger partial charge in [0.1, 0.15) is 12.1 Å². The highest BCUT2D eigenvalue weighted by atomic mass is 32.1. The van der Waals surface area contributed by atoms with Gasteiger partial charge in [-0.15, -0.1) is 11.3 Å². The number of nitriles is 2. The zero-order valence-electron chi connectivity index (χ0n) is 9.71. The van der Waals surface area contributed by atoms with Crippen LogP contribution in [0, 0.1) is 22.7 Å². The van der Waals surface area contributed by atoms with E-state index in [0.717, 1.165) is 16.6 Å². The minimum Gasteiger partial charge on any atom is -0.362 e. The predicted octanol–water partition coefficient (Wildman–Crippen LogP) is 1.56. The van der Waals surface area contributed by atoms with E-state index in [1.54, 1.807) is 10.8 Å². The summed E-state index contributed by atoms with van der Waals surface area (Å²) < 4.78 is 1.65. The molecule has 0 saturated carbocycles. The van der Waals surface area contributed by atoms with Gasteiger partial charge in [0.2, 0.25) is 0 Å². The standard InChI is InChI=1S/C11H10N6S/c1-2-14-11-15-5-8(18-11)6-17-7-16-9(3-12)10(17)4-13/h5,7H,2,6H2,1H3,(H,14,15). The summed E-state index contributed by atoms with van der Waals surface area (Å²) in [6.07, 6.45) is 3.26. The Labute approximate surface area is 108 Å². The monoisotopic (exact) mass is 258 g/mol. The number of anilines is 1. The number of nitrogens with zero attached hydrogens (tertiary/aromatic N) is 5. The Bertz CT molecular complexity index is 627. The minimum atomic E-state index is 0.161. The molecule has 0 amide bonds. The number of imidazole rings is 1. The fourth-order valence-electron chi connectivity index (χ4n) is 1.48. The summed E-state index contributed by atoms with van der Waals surface area (Å²) >= 11 is 1.53. The van der Waals surface area contributed by atoms with Gasteiger partial charge in [0.15, 0.2) is 16.5 Å². The maximum atomic E-state index is 9.00. The van der Waals surface area contributed by atoms with E-state index < -0.39 is 0 Å². The highest BCUT2D eigenvalue weighted by Crippen LogP contribution is 2.19. The van der Waals surface area contributed by atoms with Gasteiger partial charge >= 0.3 is 0 Å². The minimum absolute atomic E-state index is 0.161. The van der Waals surface area contributed by atoms with Crippen LogP contribution in [0.3, 0.4) is 0 Å². The van der Waals surface area contributed by atoms with Crippen LogP contribution in [0.25, 0.3) is 0 Å². The van der Waals surface area contributed by atoms with Gasteiger partial charge in [-0.2, -0.15) is 10.5 Å². The number of nitrogens with one attached hydrogen (secondary N) is 1. The number of aromatic nitrogens is 3. The summed E-state index contributed by atoms with van der Waals surface area (Å²) in [6.45, 7) is 3.32. The summed E-state index contributed by atoms with van der Waals surface area (Å²) in [4.78, 5) is 9.11. The molecule has 2 heterocycles. The largest absolute Gasteiger partial charge is 0.362 e. The summed E-state index contributed by atoms with van der Waals surface area (Å²) in [5.41, 5.74) is 0.449. The van der Waals surface area contributed by atoms with Crippen LogP contribution in [0.15, 0.2) is 12.5 Å². The first-order chi connectivity index (χ1) is 8.78. The van der Waals surface area contributed by atoms with E-state index in [-0.39, 0.29) is 11.4 Å². The third kappa shape index (κ3) is 2.31. The van der Waals surface area contributed by atoms with Crippen LogP contribution < -0.4 is 5.32 Å². The summed E-state index contributed by atoms with van der Waals surface area (Å²) in [5.74, 6) is 0. The van der Waals surface area contributed by atoms with E-state index in [9.17, 15) is 0 Å². The maximum Gasteiger partial charge on any atom is 0.182 e. The van der Waals surface area contributed by atoms with Gasteiger partial charge in [-0.25, -0.2) is 9.97 Å². The molecular formula is C11H10N6S. The van der Waals surface area contributed by atoms with Crippen molar-refractivity contribution in [1.29, 1.82) is 10.5 Å². The van der Waals surface area contributed by atoms with E-state index in [1.807, 2.05) is 19.1 Å². The number of hydrogen-bond acceptors (Lipinski definition) is 6. The van der Waals surface area contributed by atoms with Crippen molar-refractivity contribution in [1.82, 2.24) is 14.5 Å². The molecule has 0 aromatic carbocycles. The van der Waals surface area contributed by atoms with Gasteiger partial charge in [-0.05, 0) is 6.92 Å². The van der Waals surface area contributed by atoms with Gasteiger partial charge < -0.3 is 9.88 Å². The molecule has 0 unspecified atom stereocenters. The molecule has 2 aromatic heterocycles. The molecule has 18 heavy (non-hydrogen) atoms. The van der Waals surface area contributed by atoms with E-state index in [2.05, 4.69) is 15.3 Å². The fourth-order valence-corrected chi connectivity index (χ4v) is 2.36. The molecule has 0 spiro atoms. The molecule has 0 atom stereocenters. The topological polar surface area (TPSA) is 90.3 Å². The Balaban J connectivity index is 2.21. The lowest BCUT2D eigenvalue weighted by Gasteiger charge is -1.99. The zero-order chi connectivity index (χ0) is 13.0. The third-order valence-electron chi connectivity index (χ3n) is 2.26. The molecule has 1 N–H and O–H groups in total. The van der Waals surface area contributed by atoms with Crippen LogP contribution in [0.5, 0.6) is 0 Å². The SMILES string of the molecule is CCNc1ncc(Cn2cnc(C#N)c2C#N)s1. The molecule has 2 rings (SSSR count). The van der Waals surface area contributed by atoms with Gasteiger partial charge in [0, 0.05) is 17.6 Å².